The SMILES string of the molecule is Cc1cccc2c1SC[C@H]1[C@@H](OCc3ccccc3)[C@H](OCc3ccccc3)[C@@H](COCc3ccccc3)O[C@@H]21. The van der Waals surface area contributed by atoms with E-state index < -0.39 is 0 Å². The molecular weight excluding hydrogens is 516 g/mol. The summed E-state index contributed by atoms with van der Waals surface area (Å²) in [6, 6.07) is 37.5. The van der Waals surface area contributed by atoms with E-state index in [9.17, 15) is 0 Å². The Labute approximate surface area is 241 Å². The molecule has 40 heavy (non-hydrogen) atoms. The molecule has 0 saturated carbocycles. The van der Waals surface area contributed by atoms with E-state index in [2.05, 4.69) is 73.7 Å². The smallest absolute Gasteiger partial charge is 0.113 e. The first-order chi connectivity index (χ1) is 19.8. The van der Waals surface area contributed by atoms with Crippen LogP contribution in [-0.2, 0) is 38.8 Å². The predicted octanol–water partition coefficient (Wildman–Crippen LogP) is 7.54. The van der Waals surface area contributed by atoms with Crippen molar-refractivity contribution in [2.24, 2.45) is 5.92 Å². The van der Waals surface area contributed by atoms with Gasteiger partial charge in [-0.1, -0.05) is 109 Å². The van der Waals surface area contributed by atoms with Gasteiger partial charge in [0.05, 0.1) is 38.6 Å². The van der Waals surface area contributed by atoms with Gasteiger partial charge in [-0.15, -0.1) is 11.8 Å². The molecular formula is C35H36O4S. The number of ether oxygens (including phenoxy) is 4. The summed E-state index contributed by atoms with van der Waals surface area (Å²) in [5.74, 6) is 1.08. The van der Waals surface area contributed by atoms with Gasteiger partial charge in [-0.3, -0.25) is 0 Å². The summed E-state index contributed by atoms with van der Waals surface area (Å²) >= 11 is 1.91. The second-order valence-electron chi connectivity index (χ2n) is 10.6. The molecule has 0 amide bonds. The lowest BCUT2D eigenvalue weighted by atomic mass is 9.83. The van der Waals surface area contributed by atoms with Gasteiger partial charge >= 0.3 is 0 Å². The average molecular weight is 553 g/mol. The van der Waals surface area contributed by atoms with Gasteiger partial charge in [-0.25, -0.2) is 0 Å². The van der Waals surface area contributed by atoms with Crippen molar-refractivity contribution < 1.29 is 18.9 Å². The molecule has 4 aromatic carbocycles. The van der Waals surface area contributed by atoms with Crippen LogP contribution in [0.5, 0.6) is 0 Å². The van der Waals surface area contributed by atoms with Gasteiger partial charge in [0.25, 0.3) is 0 Å². The lowest BCUT2D eigenvalue weighted by molar-refractivity contribution is -0.244. The summed E-state index contributed by atoms with van der Waals surface area (Å²) in [6.45, 7) is 4.17. The first-order valence-electron chi connectivity index (χ1n) is 14.1. The Morgan fingerprint density at radius 2 is 1.25 bits per heavy atom. The summed E-state index contributed by atoms with van der Waals surface area (Å²) in [5, 5.41) is 0. The number of hydrogen-bond acceptors (Lipinski definition) is 5. The largest absolute Gasteiger partial charge is 0.374 e. The molecule has 2 heterocycles. The fourth-order valence-corrected chi connectivity index (χ4v) is 7.08. The van der Waals surface area contributed by atoms with Crippen molar-refractivity contribution in [1.82, 2.24) is 0 Å². The van der Waals surface area contributed by atoms with E-state index in [-0.39, 0.29) is 30.3 Å². The van der Waals surface area contributed by atoms with E-state index in [4.69, 9.17) is 18.9 Å². The first-order valence-corrected chi connectivity index (χ1v) is 15.1. The standard InChI is InChI=1S/C35H36O4S/c1-25-12-11-19-29-32-30(24-40-35(25)29)33(37-21-27-15-7-3-8-16-27)34(38-22-28-17-9-4-10-18-28)31(39-32)23-36-20-26-13-5-2-6-14-26/h2-19,30-34H,20-24H2,1H3/t30-,31-,32+,33-,34-/m1/s1. The van der Waals surface area contributed by atoms with Crippen LogP contribution >= 0.6 is 11.8 Å². The second-order valence-corrected chi connectivity index (χ2v) is 11.6. The van der Waals surface area contributed by atoms with E-state index in [0.29, 0.717) is 26.4 Å². The minimum atomic E-state index is -0.272. The molecule has 2 aliphatic rings. The van der Waals surface area contributed by atoms with E-state index in [1.54, 1.807) is 0 Å². The van der Waals surface area contributed by atoms with Gasteiger partial charge in [0.1, 0.15) is 12.2 Å². The van der Waals surface area contributed by atoms with Crippen LogP contribution in [0.4, 0.5) is 0 Å². The highest BCUT2D eigenvalue weighted by molar-refractivity contribution is 7.99. The third-order valence-corrected chi connectivity index (χ3v) is 9.15. The predicted molar refractivity (Wildman–Crippen MR) is 159 cm³/mol. The van der Waals surface area contributed by atoms with E-state index in [1.165, 1.54) is 16.0 Å². The Morgan fingerprint density at radius 3 is 1.88 bits per heavy atom. The molecule has 0 aromatic heterocycles. The molecule has 4 nitrogen and oxygen atoms in total. The average Bonchev–Trinajstić information content (AvgIpc) is 3.01. The zero-order valence-corrected chi connectivity index (χ0v) is 23.7. The van der Waals surface area contributed by atoms with E-state index >= 15 is 0 Å². The molecule has 206 valence electrons. The lowest BCUT2D eigenvalue weighted by Crippen LogP contribution is -2.56. The highest BCUT2D eigenvalue weighted by Gasteiger charge is 2.50. The third kappa shape index (κ3) is 6.35. The second kappa shape index (κ2) is 13.2. The maximum absolute atomic E-state index is 6.95. The number of fused-ring (bicyclic) bond motifs is 3. The lowest BCUT2D eigenvalue weighted by Gasteiger charge is -2.49. The monoisotopic (exact) mass is 552 g/mol. The summed E-state index contributed by atoms with van der Waals surface area (Å²) in [4.78, 5) is 1.33. The Balaban J connectivity index is 1.29. The van der Waals surface area contributed by atoms with Crippen molar-refractivity contribution in [3.05, 3.63) is 137 Å². The molecule has 0 bridgehead atoms. The molecule has 5 heteroatoms. The molecule has 6 rings (SSSR count). The van der Waals surface area contributed by atoms with Gasteiger partial charge in [0.15, 0.2) is 0 Å². The summed E-state index contributed by atoms with van der Waals surface area (Å²) in [7, 11) is 0. The topological polar surface area (TPSA) is 36.9 Å². The van der Waals surface area contributed by atoms with Crippen LogP contribution < -0.4 is 0 Å². The minimum Gasteiger partial charge on any atom is -0.374 e. The highest BCUT2D eigenvalue weighted by Crippen LogP contribution is 2.49. The van der Waals surface area contributed by atoms with Crippen LogP contribution in [0, 0.1) is 12.8 Å². The number of benzene rings is 4. The minimum absolute atomic E-state index is 0.0705. The normalized spacial score (nSPS) is 23.8. The molecule has 1 saturated heterocycles. The number of thioether (sulfide) groups is 1. The van der Waals surface area contributed by atoms with Crippen molar-refractivity contribution in [1.29, 1.82) is 0 Å². The zero-order valence-electron chi connectivity index (χ0n) is 22.9. The molecule has 2 aliphatic heterocycles. The summed E-state index contributed by atoms with van der Waals surface area (Å²) in [5.41, 5.74) is 5.98. The molecule has 0 unspecified atom stereocenters. The Morgan fingerprint density at radius 1 is 0.675 bits per heavy atom. The fraction of sp³-hybridized carbons (Fsp3) is 0.314. The molecule has 0 aliphatic carbocycles. The molecule has 0 radical (unpaired) electrons. The molecule has 0 N–H and O–H groups in total. The molecule has 1 fully saturated rings. The van der Waals surface area contributed by atoms with Crippen molar-refractivity contribution in [3.8, 4) is 0 Å². The maximum Gasteiger partial charge on any atom is 0.113 e. The van der Waals surface area contributed by atoms with Crippen LogP contribution in [0.15, 0.2) is 114 Å². The maximum atomic E-state index is 6.95. The number of rotatable bonds is 10. The van der Waals surface area contributed by atoms with Gasteiger partial charge in [-0.2, -0.15) is 0 Å². The summed E-state index contributed by atoms with van der Waals surface area (Å²) in [6.07, 6.45) is -0.758. The van der Waals surface area contributed by atoms with E-state index in [1.807, 2.05) is 54.2 Å². The zero-order chi connectivity index (χ0) is 27.1. The van der Waals surface area contributed by atoms with Gasteiger partial charge < -0.3 is 18.9 Å². The fourth-order valence-electron chi connectivity index (χ4n) is 5.71. The highest BCUT2D eigenvalue weighted by atomic mass is 32.2. The van der Waals surface area contributed by atoms with E-state index in [0.717, 1.165) is 22.4 Å². The van der Waals surface area contributed by atoms with Gasteiger partial charge in [-0.05, 0) is 34.7 Å². The van der Waals surface area contributed by atoms with Crippen molar-refractivity contribution in [3.63, 3.8) is 0 Å². The van der Waals surface area contributed by atoms with Crippen LogP contribution in [0.2, 0.25) is 0 Å². The number of aryl methyl sites for hydroxylation is 1. The van der Waals surface area contributed by atoms with Crippen LogP contribution in [0.3, 0.4) is 0 Å². The van der Waals surface area contributed by atoms with Crippen molar-refractivity contribution in [2.45, 2.75) is 56.1 Å². The van der Waals surface area contributed by atoms with Crippen molar-refractivity contribution in [2.75, 3.05) is 12.4 Å². The molecule has 5 atom stereocenters. The number of hydrogen-bond donors (Lipinski definition) is 0. The van der Waals surface area contributed by atoms with Crippen LogP contribution in [0.25, 0.3) is 0 Å². The molecule has 4 aromatic rings. The van der Waals surface area contributed by atoms with Crippen molar-refractivity contribution >= 4 is 11.8 Å². The quantitative estimate of drug-likeness (QED) is 0.203. The van der Waals surface area contributed by atoms with Gasteiger partial charge in [0, 0.05) is 16.6 Å². The Kier molecular flexibility index (Phi) is 8.96. The van der Waals surface area contributed by atoms with Gasteiger partial charge in [0.2, 0.25) is 0 Å². The molecule has 0 spiro atoms. The van der Waals surface area contributed by atoms with Crippen LogP contribution in [0.1, 0.15) is 33.9 Å². The summed E-state index contributed by atoms with van der Waals surface area (Å²) < 4.78 is 26.7. The Hall–Kier alpha value is -2.93. The third-order valence-electron chi connectivity index (χ3n) is 7.76. The Bertz CT molecular complexity index is 1350. The first kappa shape index (κ1) is 27.3. The van der Waals surface area contributed by atoms with Crippen LogP contribution in [-0.4, -0.2) is 30.7 Å².